The molecule has 130 valence electrons. The van der Waals surface area contributed by atoms with E-state index in [9.17, 15) is 4.79 Å². The third-order valence-corrected chi connectivity index (χ3v) is 4.86. The van der Waals surface area contributed by atoms with Crippen LogP contribution in [-0.2, 0) is 0 Å². The maximum atomic E-state index is 11.4. The highest BCUT2D eigenvalue weighted by Gasteiger charge is 2.07. The van der Waals surface area contributed by atoms with Crippen LogP contribution in [0.4, 0.5) is 11.4 Å². The molecule has 1 aliphatic rings. The molecule has 7 nitrogen and oxygen atoms in total. The molecule has 3 N–H and O–H groups in total. The van der Waals surface area contributed by atoms with Crippen molar-refractivity contribution in [2.24, 2.45) is 10.1 Å². The highest BCUT2D eigenvalue weighted by atomic mass is 35.5. The molecule has 3 rings (SSSR count). The molecule has 0 atom stereocenters. The minimum atomic E-state index is -0.460. The summed E-state index contributed by atoms with van der Waals surface area (Å²) in [6, 6.07) is 7.89. The fourth-order valence-corrected chi connectivity index (χ4v) is 3.10. The number of aromatic amines is 1. The van der Waals surface area contributed by atoms with Crippen molar-refractivity contribution >= 4 is 45.6 Å². The summed E-state index contributed by atoms with van der Waals surface area (Å²) in [5.74, 6) is 1.10. The number of hydrogen-bond donors (Lipinski definition) is 3. The van der Waals surface area contributed by atoms with Crippen LogP contribution in [-0.4, -0.2) is 33.4 Å². The molecule has 1 aliphatic heterocycles. The normalized spacial score (nSPS) is 14.8. The number of rotatable bonds is 4. The van der Waals surface area contributed by atoms with Crippen LogP contribution in [0.3, 0.4) is 0 Å². The molecule has 1 aromatic heterocycles. The van der Waals surface area contributed by atoms with Gasteiger partial charge < -0.3 is 5.32 Å². The van der Waals surface area contributed by atoms with Crippen molar-refractivity contribution in [3.8, 4) is 0 Å². The van der Waals surface area contributed by atoms with Gasteiger partial charge in [-0.2, -0.15) is 10.2 Å². The van der Waals surface area contributed by atoms with Crippen LogP contribution < -0.4 is 16.3 Å². The molecule has 25 heavy (non-hydrogen) atoms. The first-order valence-electron chi connectivity index (χ1n) is 7.71. The number of nitrogens with zero attached hydrogens (tertiary/aromatic N) is 3. The highest BCUT2D eigenvalue weighted by Crippen LogP contribution is 2.18. The van der Waals surface area contributed by atoms with E-state index in [0.29, 0.717) is 5.69 Å². The number of hydrogen-bond acceptors (Lipinski definition) is 7. The van der Waals surface area contributed by atoms with Crippen molar-refractivity contribution in [2.75, 3.05) is 23.0 Å². The van der Waals surface area contributed by atoms with E-state index in [4.69, 9.17) is 11.6 Å². The molecule has 2 aromatic rings. The highest BCUT2D eigenvalue weighted by molar-refractivity contribution is 8.14. The Bertz CT molecular complexity index is 862. The van der Waals surface area contributed by atoms with Crippen molar-refractivity contribution in [3.05, 3.63) is 51.4 Å². The molecule has 0 radical (unpaired) electrons. The van der Waals surface area contributed by atoms with Crippen molar-refractivity contribution in [1.29, 1.82) is 0 Å². The standard InChI is InChI=1S/C16H17ClN6OS/c1-10(21-22-13-9-19-23-15(24)14(13)17)11-3-5-12(6-4-11)20-16-18-7-2-8-25-16/h3-6,9H,2,7-8H2,1H3,(H,18,20)(H2,22,23,24)/b21-10-. The van der Waals surface area contributed by atoms with E-state index in [1.54, 1.807) is 11.8 Å². The molecule has 0 bridgehead atoms. The van der Waals surface area contributed by atoms with Gasteiger partial charge in [0.1, 0.15) is 10.7 Å². The third-order valence-electron chi connectivity index (χ3n) is 3.49. The lowest BCUT2D eigenvalue weighted by Gasteiger charge is -2.13. The number of hydrazone groups is 1. The van der Waals surface area contributed by atoms with Crippen LogP contribution in [0.1, 0.15) is 18.9 Å². The molecular formula is C16H17ClN6OS. The number of thioether (sulfide) groups is 1. The average Bonchev–Trinajstić information content (AvgIpc) is 2.64. The lowest BCUT2D eigenvalue weighted by molar-refractivity contribution is 0.938. The van der Waals surface area contributed by atoms with E-state index in [2.05, 4.69) is 31.0 Å². The van der Waals surface area contributed by atoms with Gasteiger partial charge in [0.05, 0.1) is 11.9 Å². The Morgan fingerprint density at radius 3 is 2.88 bits per heavy atom. The first kappa shape index (κ1) is 17.5. The smallest absolute Gasteiger partial charge is 0.285 e. The number of aliphatic imine (C=N–C) groups is 1. The van der Waals surface area contributed by atoms with E-state index >= 15 is 0 Å². The molecule has 9 heteroatoms. The summed E-state index contributed by atoms with van der Waals surface area (Å²) in [4.78, 5) is 15.8. The van der Waals surface area contributed by atoms with Crippen molar-refractivity contribution in [2.45, 2.75) is 13.3 Å². The lowest BCUT2D eigenvalue weighted by Crippen LogP contribution is -2.13. The van der Waals surface area contributed by atoms with Gasteiger partial charge in [-0.3, -0.25) is 15.2 Å². The topological polar surface area (TPSA) is 94.5 Å². The van der Waals surface area contributed by atoms with Crippen LogP contribution in [0, 0.1) is 0 Å². The Morgan fingerprint density at radius 1 is 1.36 bits per heavy atom. The summed E-state index contributed by atoms with van der Waals surface area (Å²) in [5.41, 5.74) is 5.36. The van der Waals surface area contributed by atoms with Crippen LogP contribution in [0.5, 0.6) is 0 Å². The lowest BCUT2D eigenvalue weighted by atomic mass is 10.1. The largest absolute Gasteiger partial charge is 0.335 e. The quantitative estimate of drug-likeness (QED) is 0.562. The zero-order valence-corrected chi connectivity index (χ0v) is 15.1. The van der Waals surface area contributed by atoms with Gasteiger partial charge in [0.15, 0.2) is 5.17 Å². The van der Waals surface area contributed by atoms with Gasteiger partial charge in [0, 0.05) is 18.0 Å². The molecule has 0 saturated heterocycles. The minimum Gasteiger partial charge on any atom is -0.335 e. The Morgan fingerprint density at radius 2 is 2.16 bits per heavy atom. The molecule has 0 unspecified atom stereocenters. The molecule has 0 aliphatic carbocycles. The van der Waals surface area contributed by atoms with Crippen LogP contribution in [0.25, 0.3) is 0 Å². The first-order valence-corrected chi connectivity index (χ1v) is 9.08. The van der Waals surface area contributed by atoms with E-state index in [1.807, 2.05) is 31.2 Å². The van der Waals surface area contributed by atoms with E-state index in [1.165, 1.54) is 6.20 Å². The first-order chi connectivity index (χ1) is 12.1. The fraction of sp³-hybridized carbons (Fsp3) is 0.250. The number of H-pyrrole nitrogens is 1. The monoisotopic (exact) mass is 376 g/mol. The molecular weight excluding hydrogens is 360 g/mol. The van der Waals surface area contributed by atoms with Gasteiger partial charge in [-0.15, -0.1) is 0 Å². The van der Waals surface area contributed by atoms with Crippen LogP contribution >= 0.6 is 23.4 Å². The van der Waals surface area contributed by atoms with Crippen LogP contribution in [0.2, 0.25) is 5.02 Å². The Hall–Kier alpha value is -2.32. The Kier molecular flexibility index (Phi) is 5.72. The number of amidine groups is 1. The van der Waals surface area contributed by atoms with Crippen molar-refractivity contribution < 1.29 is 0 Å². The maximum absolute atomic E-state index is 11.4. The number of anilines is 2. The summed E-state index contributed by atoms with van der Waals surface area (Å²) in [5, 5.41) is 14.5. The third kappa shape index (κ3) is 4.61. The summed E-state index contributed by atoms with van der Waals surface area (Å²) >= 11 is 7.63. The zero-order chi connectivity index (χ0) is 17.6. The molecule has 2 heterocycles. The number of nitrogens with one attached hydrogen (secondary N) is 3. The molecule has 1 aromatic carbocycles. The van der Waals surface area contributed by atoms with Gasteiger partial charge in [-0.05, 0) is 31.0 Å². The molecule has 0 saturated carbocycles. The summed E-state index contributed by atoms with van der Waals surface area (Å²) in [6.45, 7) is 2.75. The van der Waals surface area contributed by atoms with E-state index in [-0.39, 0.29) is 5.02 Å². The summed E-state index contributed by atoms with van der Waals surface area (Å²) in [6.07, 6.45) is 2.54. The fourth-order valence-electron chi connectivity index (χ4n) is 2.12. The zero-order valence-electron chi connectivity index (χ0n) is 13.5. The molecule has 0 fully saturated rings. The number of aromatic nitrogens is 2. The Labute approximate surface area is 154 Å². The van der Waals surface area contributed by atoms with E-state index in [0.717, 1.165) is 40.8 Å². The van der Waals surface area contributed by atoms with E-state index < -0.39 is 5.56 Å². The van der Waals surface area contributed by atoms with Gasteiger partial charge in [0.2, 0.25) is 0 Å². The average molecular weight is 377 g/mol. The SMILES string of the molecule is C/C(=N/Nc1cn[nH]c(=O)c1Cl)c1ccc(NC2=NCCCS2)cc1. The van der Waals surface area contributed by atoms with Gasteiger partial charge in [-0.1, -0.05) is 35.5 Å². The van der Waals surface area contributed by atoms with Crippen molar-refractivity contribution in [3.63, 3.8) is 0 Å². The number of halogens is 1. The molecule has 0 spiro atoms. The molecule has 0 amide bonds. The van der Waals surface area contributed by atoms with Gasteiger partial charge in [0.25, 0.3) is 5.56 Å². The Balaban J connectivity index is 1.67. The second kappa shape index (κ2) is 8.17. The maximum Gasteiger partial charge on any atom is 0.285 e. The summed E-state index contributed by atoms with van der Waals surface area (Å²) in [7, 11) is 0. The van der Waals surface area contributed by atoms with Gasteiger partial charge >= 0.3 is 0 Å². The van der Waals surface area contributed by atoms with Crippen LogP contribution in [0.15, 0.2) is 45.4 Å². The summed E-state index contributed by atoms with van der Waals surface area (Å²) < 4.78 is 0. The minimum absolute atomic E-state index is 0.0249. The predicted molar refractivity (Wildman–Crippen MR) is 105 cm³/mol. The predicted octanol–water partition coefficient (Wildman–Crippen LogP) is 3.16. The second-order valence-corrected chi connectivity index (χ2v) is 6.79. The number of benzene rings is 1. The van der Waals surface area contributed by atoms with Crippen molar-refractivity contribution in [1.82, 2.24) is 10.2 Å². The van der Waals surface area contributed by atoms with Gasteiger partial charge in [-0.25, -0.2) is 5.10 Å². The second-order valence-electron chi connectivity index (χ2n) is 5.33.